The Labute approximate surface area is 189 Å². The molecule has 1 aliphatic rings. The molecule has 6 nitrogen and oxygen atoms in total. The van der Waals surface area contributed by atoms with Gasteiger partial charge in [0.1, 0.15) is 0 Å². The normalized spacial score (nSPS) is 18.5. The number of amides is 1. The van der Waals surface area contributed by atoms with Crippen LogP contribution in [0.25, 0.3) is 0 Å². The first-order chi connectivity index (χ1) is 13.6. The number of carbonyl (C=O) groups excluding carboxylic acids is 1. The summed E-state index contributed by atoms with van der Waals surface area (Å²) in [7, 11) is -4.69. The van der Waals surface area contributed by atoms with E-state index in [9.17, 15) is 30.8 Å². The zero-order valence-electron chi connectivity index (χ0n) is 15.1. The molecule has 1 aromatic carbocycles. The molecule has 0 saturated carbocycles. The number of nitrogens with zero attached hydrogens (tertiary/aromatic N) is 2. The average molecular weight is 533 g/mol. The molecular weight excluding hydrogens is 520 g/mol. The monoisotopic (exact) mass is 531 g/mol. The van der Waals surface area contributed by atoms with Gasteiger partial charge >= 0.3 is 6.18 Å². The molecule has 1 aromatic rings. The number of rotatable bonds is 5. The van der Waals surface area contributed by atoms with Gasteiger partial charge in [-0.25, -0.2) is 17.8 Å². The molecule has 168 valence electrons. The lowest BCUT2D eigenvalue weighted by atomic mass is 10.2. The maximum Gasteiger partial charge on any atom is 0.416 e. The van der Waals surface area contributed by atoms with E-state index in [0.717, 1.165) is 6.92 Å². The molecule has 0 spiro atoms. The van der Waals surface area contributed by atoms with Crippen molar-refractivity contribution in [1.29, 1.82) is 0 Å². The number of sulfonamides is 1. The Morgan fingerprint density at radius 3 is 2.13 bits per heavy atom. The number of carbonyl (C=O) groups is 1. The highest BCUT2D eigenvalue weighted by Gasteiger charge is 2.49. The SMILES string of the molecule is CCC(=O)NC1=C(F)C(C)N(S(=O)(=O)C(Cl)Cl)N1c1c(Cl)cc(C(F)(F)F)cc1Cl. The molecular formula is C15H13Cl4F4N3O3S. The lowest BCUT2D eigenvalue weighted by Crippen LogP contribution is -2.50. The van der Waals surface area contributed by atoms with Gasteiger partial charge in [-0.15, -0.1) is 0 Å². The molecule has 0 fully saturated rings. The van der Waals surface area contributed by atoms with Crippen LogP contribution in [0.5, 0.6) is 0 Å². The minimum absolute atomic E-state index is 0.117. The molecule has 0 saturated heterocycles. The van der Waals surface area contributed by atoms with Crippen LogP contribution < -0.4 is 10.3 Å². The maximum atomic E-state index is 15.0. The summed E-state index contributed by atoms with van der Waals surface area (Å²) in [5, 5.41) is 1.36. The molecule has 1 N–H and O–H groups in total. The van der Waals surface area contributed by atoms with Crippen LogP contribution in [-0.4, -0.2) is 28.9 Å². The van der Waals surface area contributed by atoms with Crippen LogP contribution in [0.15, 0.2) is 23.8 Å². The third kappa shape index (κ3) is 4.61. The lowest BCUT2D eigenvalue weighted by molar-refractivity contribution is -0.137. The Morgan fingerprint density at radius 1 is 1.23 bits per heavy atom. The number of nitrogens with one attached hydrogen (secondary N) is 1. The summed E-state index contributed by atoms with van der Waals surface area (Å²) in [6.45, 7) is 2.55. The molecule has 1 unspecified atom stereocenters. The molecule has 2 rings (SSSR count). The fourth-order valence-electron chi connectivity index (χ4n) is 2.56. The highest BCUT2D eigenvalue weighted by atomic mass is 35.5. The van der Waals surface area contributed by atoms with Gasteiger partial charge in [-0.05, 0) is 19.1 Å². The highest BCUT2D eigenvalue weighted by Crippen LogP contribution is 2.46. The van der Waals surface area contributed by atoms with Crippen molar-refractivity contribution in [2.75, 3.05) is 5.01 Å². The molecule has 15 heteroatoms. The van der Waals surface area contributed by atoms with Gasteiger partial charge < -0.3 is 5.32 Å². The van der Waals surface area contributed by atoms with Crippen molar-refractivity contribution in [3.05, 3.63) is 39.4 Å². The van der Waals surface area contributed by atoms with Gasteiger partial charge in [0.15, 0.2) is 11.6 Å². The number of halogens is 8. The van der Waals surface area contributed by atoms with E-state index >= 15 is 0 Å². The van der Waals surface area contributed by atoms with Gasteiger partial charge in [0.05, 0.1) is 27.3 Å². The summed E-state index contributed by atoms with van der Waals surface area (Å²) < 4.78 is 77.7. The Morgan fingerprint density at radius 2 is 1.73 bits per heavy atom. The van der Waals surface area contributed by atoms with E-state index in [1.54, 1.807) is 0 Å². The molecule has 1 amide bonds. The van der Waals surface area contributed by atoms with Crippen LogP contribution >= 0.6 is 46.4 Å². The summed E-state index contributed by atoms with van der Waals surface area (Å²) in [6.07, 6.45) is -4.93. The molecule has 0 aliphatic carbocycles. The minimum Gasteiger partial charge on any atom is -0.309 e. The molecule has 1 heterocycles. The van der Waals surface area contributed by atoms with Crippen molar-refractivity contribution in [3.63, 3.8) is 0 Å². The Hall–Kier alpha value is -0.980. The van der Waals surface area contributed by atoms with Gasteiger partial charge in [0, 0.05) is 6.42 Å². The van der Waals surface area contributed by atoms with Crippen LogP contribution in [0.2, 0.25) is 10.0 Å². The first-order valence-electron chi connectivity index (χ1n) is 8.01. The molecule has 0 bridgehead atoms. The fourth-order valence-corrected chi connectivity index (χ4v) is 4.78. The largest absolute Gasteiger partial charge is 0.416 e. The second kappa shape index (κ2) is 8.87. The van der Waals surface area contributed by atoms with E-state index in [1.807, 2.05) is 0 Å². The van der Waals surface area contributed by atoms with E-state index in [1.165, 1.54) is 6.92 Å². The summed E-state index contributed by atoms with van der Waals surface area (Å²) in [6, 6.07) is -0.615. The van der Waals surface area contributed by atoms with Crippen molar-refractivity contribution < 1.29 is 30.8 Å². The maximum absolute atomic E-state index is 15.0. The van der Waals surface area contributed by atoms with Crippen molar-refractivity contribution in [3.8, 4) is 0 Å². The Balaban J connectivity index is 2.79. The summed E-state index contributed by atoms with van der Waals surface area (Å²) in [5.41, 5.74) is -1.76. The second-order valence-corrected chi connectivity index (χ2v) is 10.3. The second-order valence-electron chi connectivity index (χ2n) is 5.95. The first-order valence-corrected chi connectivity index (χ1v) is 11.1. The number of hydrogen-bond donors (Lipinski definition) is 1. The molecule has 30 heavy (non-hydrogen) atoms. The third-order valence-electron chi connectivity index (χ3n) is 3.95. The van der Waals surface area contributed by atoms with Crippen LogP contribution in [0.4, 0.5) is 23.2 Å². The van der Waals surface area contributed by atoms with Crippen LogP contribution in [-0.2, 0) is 21.0 Å². The molecule has 1 atom stereocenters. The van der Waals surface area contributed by atoms with Crippen molar-refractivity contribution in [2.45, 2.75) is 36.7 Å². The van der Waals surface area contributed by atoms with Gasteiger partial charge in [0.2, 0.25) is 10.1 Å². The number of hydrazine groups is 1. The van der Waals surface area contributed by atoms with E-state index in [2.05, 4.69) is 5.32 Å². The van der Waals surface area contributed by atoms with Crippen molar-refractivity contribution in [1.82, 2.24) is 9.73 Å². The van der Waals surface area contributed by atoms with Gasteiger partial charge in [0.25, 0.3) is 10.0 Å². The number of alkyl halides is 5. The van der Waals surface area contributed by atoms with Crippen molar-refractivity contribution >= 4 is 68.0 Å². The van der Waals surface area contributed by atoms with Crippen LogP contribution in [0.3, 0.4) is 0 Å². The van der Waals surface area contributed by atoms with Crippen LogP contribution in [0, 0.1) is 0 Å². The Bertz CT molecular complexity index is 978. The molecule has 0 radical (unpaired) electrons. The zero-order valence-corrected chi connectivity index (χ0v) is 18.9. The standard InChI is InChI=1S/C15H13Cl4F4N3O3S/c1-3-10(27)24-13-11(20)6(2)26(30(28,29)14(18)19)25(13)12-8(16)4-7(5-9(12)17)15(21,22)23/h4-6,14H,3H2,1-2H3,(H,24,27). The van der Waals surface area contributed by atoms with E-state index < -0.39 is 65.3 Å². The topological polar surface area (TPSA) is 69.7 Å². The smallest absolute Gasteiger partial charge is 0.309 e. The molecule has 1 aliphatic heterocycles. The first kappa shape index (κ1) is 25.3. The van der Waals surface area contributed by atoms with Crippen LogP contribution in [0.1, 0.15) is 25.8 Å². The van der Waals surface area contributed by atoms with E-state index in [-0.39, 0.29) is 6.42 Å². The predicted molar refractivity (Wildman–Crippen MR) is 106 cm³/mol. The third-order valence-corrected chi connectivity index (χ3v) is 7.33. The number of hydrogen-bond acceptors (Lipinski definition) is 4. The van der Waals surface area contributed by atoms with Crippen molar-refractivity contribution in [2.24, 2.45) is 0 Å². The number of benzene rings is 1. The minimum atomic E-state index is -4.81. The highest BCUT2D eigenvalue weighted by molar-refractivity contribution is 7.92. The quantitative estimate of drug-likeness (QED) is 0.418. The summed E-state index contributed by atoms with van der Waals surface area (Å²) in [4.78, 5) is 11.9. The average Bonchev–Trinajstić information content (AvgIpc) is 2.85. The van der Waals surface area contributed by atoms with Gasteiger partial charge in [-0.3, -0.25) is 4.79 Å². The van der Waals surface area contributed by atoms with Gasteiger partial charge in [-0.1, -0.05) is 57.7 Å². The van der Waals surface area contributed by atoms with E-state index in [4.69, 9.17) is 46.4 Å². The zero-order chi connectivity index (χ0) is 23.2. The fraction of sp³-hybridized carbons (Fsp3) is 0.400. The molecule has 0 aromatic heterocycles. The predicted octanol–water partition coefficient (Wildman–Crippen LogP) is 5.19. The summed E-state index contributed by atoms with van der Waals surface area (Å²) in [5.74, 6) is -2.55. The number of anilines is 1. The Kier molecular flexibility index (Phi) is 7.48. The summed E-state index contributed by atoms with van der Waals surface area (Å²) >= 11 is 23.0. The van der Waals surface area contributed by atoms with E-state index in [0.29, 0.717) is 21.6 Å². The van der Waals surface area contributed by atoms with Gasteiger partial charge in [-0.2, -0.15) is 13.2 Å². The lowest BCUT2D eigenvalue weighted by Gasteiger charge is -2.34.